The maximum absolute atomic E-state index is 12.4. The molecule has 142 valence electrons. The molecule has 1 saturated heterocycles. The van der Waals surface area contributed by atoms with E-state index in [1.165, 1.54) is 0 Å². The zero-order chi connectivity index (χ0) is 19.2. The van der Waals surface area contributed by atoms with Gasteiger partial charge in [0, 0.05) is 27.9 Å². The van der Waals surface area contributed by atoms with Gasteiger partial charge >= 0.3 is 0 Å². The number of morpholine rings is 1. The molecule has 1 N–H and O–H groups in total. The Balaban J connectivity index is 1.58. The van der Waals surface area contributed by atoms with Crippen molar-refractivity contribution in [1.29, 1.82) is 0 Å². The van der Waals surface area contributed by atoms with Crippen molar-refractivity contribution < 1.29 is 19.1 Å². The van der Waals surface area contributed by atoms with Crippen LogP contribution in [0.2, 0.25) is 0 Å². The number of amides is 2. The summed E-state index contributed by atoms with van der Waals surface area (Å²) in [4.78, 5) is 26.3. The molecule has 0 radical (unpaired) electrons. The third-order valence-electron chi connectivity index (χ3n) is 4.26. The highest BCUT2D eigenvalue weighted by Gasteiger charge is 2.17. The molecule has 1 aliphatic heterocycles. The average molecular weight is 480 g/mol. The molecule has 0 saturated carbocycles. The number of halogens is 1. The third kappa shape index (κ3) is 5.43. The molecular weight excluding hydrogens is 459 g/mol. The Hall–Kier alpha value is -2.13. The van der Waals surface area contributed by atoms with E-state index in [0.717, 1.165) is 9.13 Å². The number of nitrogens with zero attached hydrogens (tertiary/aromatic N) is 1. The Kier molecular flexibility index (Phi) is 6.68. The summed E-state index contributed by atoms with van der Waals surface area (Å²) in [6, 6.07) is 12.8. The molecule has 0 aromatic heterocycles. The van der Waals surface area contributed by atoms with Gasteiger partial charge in [0.2, 0.25) is 0 Å². The van der Waals surface area contributed by atoms with E-state index in [0.29, 0.717) is 43.3 Å². The summed E-state index contributed by atoms with van der Waals surface area (Å²) in [6.45, 7) is 4.23. The number of hydrogen-bond donors (Lipinski definition) is 1. The number of carbonyl (C=O) groups is 2. The van der Waals surface area contributed by atoms with E-state index in [9.17, 15) is 9.59 Å². The monoisotopic (exact) mass is 480 g/mol. The number of aryl methyl sites for hydroxylation is 1. The first-order valence-electron chi connectivity index (χ1n) is 8.69. The molecule has 3 rings (SSSR count). The number of carbonyl (C=O) groups excluding carboxylic acids is 2. The third-order valence-corrected chi connectivity index (χ3v) is 4.93. The van der Waals surface area contributed by atoms with E-state index in [4.69, 9.17) is 9.47 Å². The summed E-state index contributed by atoms with van der Waals surface area (Å²) < 4.78 is 11.9. The average Bonchev–Trinajstić information content (AvgIpc) is 2.68. The summed E-state index contributed by atoms with van der Waals surface area (Å²) in [7, 11) is 0. The van der Waals surface area contributed by atoms with E-state index in [1.807, 2.05) is 31.2 Å². The van der Waals surface area contributed by atoms with Gasteiger partial charge in [-0.1, -0.05) is 6.07 Å². The molecule has 0 spiro atoms. The van der Waals surface area contributed by atoms with Gasteiger partial charge in [0.05, 0.1) is 13.2 Å². The molecular formula is C20H21IN2O4. The van der Waals surface area contributed by atoms with Crippen LogP contribution in [0.5, 0.6) is 5.75 Å². The minimum absolute atomic E-state index is 0.00635. The molecule has 1 aliphatic rings. The first-order valence-corrected chi connectivity index (χ1v) is 9.77. The van der Waals surface area contributed by atoms with Gasteiger partial charge in [0.25, 0.3) is 11.8 Å². The predicted octanol–water partition coefficient (Wildman–Crippen LogP) is 3.09. The van der Waals surface area contributed by atoms with Crippen LogP contribution in [0.3, 0.4) is 0 Å². The molecule has 6 nitrogen and oxygen atoms in total. The SMILES string of the molecule is Cc1cc(OCC(=O)N2CCOCC2)ccc1NC(=O)c1cccc(I)c1. The van der Waals surface area contributed by atoms with Crippen molar-refractivity contribution >= 4 is 40.1 Å². The first-order chi connectivity index (χ1) is 13.0. The number of rotatable bonds is 5. The topological polar surface area (TPSA) is 67.9 Å². The fourth-order valence-electron chi connectivity index (χ4n) is 2.74. The second-order valence-electron chi connectivity index (χ2n) is 6.22. The van der Waals surface area contributed by atoms with Crippen molar-refractivity contribution in [3.63, 3.8) is 0 Å². The molecule has 2 aromatic carbocycles. The van der Waals surface area contributed by atoms with Crippen molar-refractivity contribution in [3.05, 3.63) is 57.2 Å². The minimum Gasteiger partial charge on any atom is -0.484 e. The van der Waals surface area contributed by atoms with Gasteiger partial charge < -0.3 is 19.7 Å². The fraction of sp³-hybridized carbons (Fsp3) is 0.300. The normalized spacial score (nSPS) is 13.9. The standard InChI is InChI=1S/C20H21IN2O4/c1-14-11-17(27-13-19(24)23-7-9-26-10-8-23)5-6-18(14)22-20(25)15-3-2-4-16(21)12-15/h2-6,11-12H,7-10,13H2,1H3,(H,22,25). The molecule has 0 atom stereocenters. The molecule has 2 aromatic rings. The zero-order valence-electron chi connectivity index (χ0n) is 15.0. The first kappa shape index (κ1) is 19.6. The lowest BCUT2D eigenvalue weighted by molar-refractivity contribution is -0.137. The lowest BCUT2D eigenvalue weighted by Gasteiger charge is -2.26. The fourth-order valence-corrected chi connectivity index (χ4v) is 3.28. The smallest absolute Gasteiger partial charge is 0.260 e. The molecule has 0 unspecified atom stereocenters. The summed E-state index contributed by atoms with van der Waals surface area (Å²) >= 11 is 2.18. The van der Waals surface area contributed by atoms with Crippen LogP contribution < -0.4 is 10.1 Å². The van der Waals surface area contributed by atoms with Crippen LogP contribution in [0.4, 0.5) is 5.69 Å². The van der Waals surface area contributed by atoms with Crippen molar-refractivity contribution in [2.45, 2.75) is 6.92 Å². The zero-order valence-corrected chi connectivity index (χ0v) is 17.2. The Morgan fingerprint density at radius 3 is 2.67 bits per heavy atom. The van der Waals surface area contributed by atoms with Gasteiger partial charge in [-0.3, -0.25) is 9.59 Å². The molecule has 27 heavy (non-hydrogen) atoms. The van der Waals surface area contributed by atoms with E-state index in [1.54, 1.807) is 23.1 Å². The van der Waals surface area contributed by atoms with Crippen LogP contribution >= 0.6 is 22.6 Å². The summed E-state index contributed by atoms with van der Waals surface area (Å²) in [5.41, 5.74) is 2.19. The summed E-state index contributed by atoms with van der Waals surface area (Å²) in [5, 5.41) is 2.91. The second-order valence-corrected chi connectivity index (χ2v) is 7.47. The van der Waals surface area contributed by atoms with Gasteiger partial charge in [-0.15, -0.1) is 0 Å². The highest BCUT2D eigenvalue weighted by Crippen LogP contribution is 2.22. The van der Waals surface area contributed by atoms with E-state index < -0.39 is 0 Å². The van der Waals surface area contributed by atoms with Gasteiger partial charge in [0.1, 0.15) is 5.75 Å². The van der Waals surface area contributed by atoms with Crippen LogP contribution in [0.1, 0.15) is 15.9 Å². The molecule has 0 aliphatic carbocycles. The summed E-state index contributed by atoms with van der Waals surface area (Å²) in [5.74, 6) is 0.390. The largest absolute Gasteiger partial charge is 0.484 e. The highest BCUT2D eigenvalue weighted by atomic mass is 127. The predicted molar refractivity (Wildman–Crippen MR) is 111 cm³/mol. The van der Waals surface area contributed by atoms with Crippen molar-refractivity contribution in [2.75, 3.05) is 38.2 Å². The molecule has 1 fully saturated rings. The van der Waals surface area contributed by atoms with E-state index in [2.05, 4.69) is 27.9 Å². The molecule has 1 heterocycles. The van der Waals surface area contributed by atoms with Gasteiger partial charge in [-0.2, -0.15) is 0 Å². The lowest BCUT2D eigenvalue weighted by atomic mass is 10.1. The van der Waals surface area contributed by atoms with Gasteiger partial charge in [-0.25, -0.2) is 0 Å². The van der Waals surface area contributed by atoms with Gasteiger partial charge in [0.15, 0.2) is 6.61 Å². The van der Waals surface area contributed by atoms with Gasteiger partial charge in [-0.05, 0) is 71.5 Å². The quantitative estimate of drug-likeness (QED) is 0.669. The van der Waals surface area contributed by atoms with Crippen LogP contribution in [0.15, 0.2) is 42.5 Å². The number of anilines is 1. The van der Waals surface area contributed by atoms with Crippen molar-refractivity contribution in [2.24, 2.45) is 0 Å². The molecule has 2 amide bonds. The number of ether oxygens (including phenoxy) is 2. The maximum atomic E-state index is 12.4. The lowest BCUT2D eigenvalue weighted by Crippen LogP contribution is -2.42. The van der Waals surface area contributed by atoms with Crippen molar-refractivity contribution in [3.8, 4) is 5.75 Å². The van der Waals surface area contributed by atoms with Crippen molar-refractivity contribution in [1.82, 2.24) is 4.90 Å². The molecule has 0 bridgehead atoms. The number of benzene rings is 2. The second kappa shape index (κ2) is 9.18. The van der Waals surface area contributed by atoms with Crippen LogP contribution in [0.25, 0.3) is 0 Å². The van der Waals surface area contributed by atoms with Crippen LogP contribution in [-0.2, 0) is 9.53 Å². The van der Waals surface area contributed by atoms with E-state index in [-0.39, 0.29) is 18.4 Å². The Labute approximate surface area is 172 Å². The van der Waals surface area contributed by atoms with Crippen LogP contribution in [-0.4, -0.2) is 49.6 Å². The minimum atomic E-state index is -0.159. The van der Waals surface area contributed by atoms with E-state index >= 15 is 0 Å². The number of nitrogens with one attached hydrogen (secondary N) is 1. The Morgan fingerprint density at radius 2 is 1.96 bits per heavy atom. The number of hydrogen-bond acceptors (Lipinski definition) is 4. The maximum Gasteiger partial charge on any atom is 0.260 e. The highest BCUT2D eigenvalue weighted by molar-refractivity contribution is 14.1. The Bertz CT molecular complexity index is 834. The molecule has 7 heteroatoms. The summed E-state index contributed by atoms with van der Waals surface area (Å²) in [6.07, 6.45) is 0. The Morgan fingerprint density at radius 1 is 1.19 bits per heavy atom. The van der Waals surface area contributed by atoms with Crippen LogP contribution in [0, 0.1) is 10.5 Å².